The molecular weight excluding hydrogens is 428 g/mol. The first-order valence-corrected chi connectivity index (χ1v) is 9.82. The number of nitrogens with one attached hydrogen (secondary N) is 4. The van der Waals surface area contributed by atoms with Crippen molar-refractivity contribution in [1.82, 2.24) is 10.6 Å². The number of hydrogen-bond acceptors (Lipinski definition) is 6. The molecule has 0 aliphatic carbocycles. The number of carbonyl (C=O) groups is 3. The van der Waals surface area contributed by atoms with Crippen molar-refractivity contribution in [2.75, 3.05) is 5.32 Å². The Morgan fingerprint density at radius 1 is 1.06 bits per heavy atom. The van der Waals surface area contributed by atoms with Crippen LogP contribution in [0.5, 0.6) is 0 Å². The third kappa shape index (κ3) is 6.17. The van der Waals surface area contributed by atoms with E-state index in [4.69, 9.17) is 11.1 Å². The molecule has 3 amide bonds. The minimum atomic E-state index is -1.15. The number of aliphatic hydroxyl groups is 1. The highest BCUT2D eigenvalue weighted by Gasteiger charge is 2.22. The van der Waals surface area contributed by atoms with Crippen molar-refractivity contribution in [2.24, 2.45) is 10.7 Å². The quantitative estimate of drug-likeness (QED) is 0.336. The number of dihydropyridines is 1. The zero-order chi connectivity index (χ0) is 24.0. The average Bonchev–Trinajstić information content (AvgIpc) is 2.77. The van der Waals surface area contributed by atoms with Crippen LogP contribution in [0.4, 0.5) is 10.5 Å². The number of amidine groups is 2. The first-order chi connectivity index (χ1) is 15.7. The fourth-order valence-electron chi connectivity index (χ4n) is 3.04. The van der Waals surface area contributed by atoms with E-state index in [1.54, 1.807) is 24.3 Å². The topological polar surface area (TPSA) is 190 Å². The Morgan fingerprint density at radius 2 is 1.73 bits per heavy atom. The second-order valence-corrected chi connectivity index (χ2v) is 7.16. The van der Waals surface area contributed by atoms with Crippen molar-refractivity contribution >= 4 is 35.3 Å². The first kappa shape index (κ1) is 23.0. The number of benzene rings is 2. The SMILES string of the molecule is N=C1N=C(N)CC(O)=C1NC(=O)Nc1ccc(C(=O)N[C@@H](Cc2ccccc2)C(=O)O)cc1. The number of aliphatic hydroxyl groups excluding tert-OH is 1. The molecule has 2 aromatic carbocycles. The maximum absolute atomic E-state index is 12.5. The van der Waals surface area contributed by atoms with Crippen molar-refractivity contribution < 1.29 is 24.6 Å². The van der Waals surface area contributed by atoms with Gasteiger partial charge in [0.15, 0.2) is 5.84 Å². The Bertz CT molecular complexity index is 1140. The molecule has 0 bridgehead atoms. The summed E-state index contributed by atoms with van der Waals surface area (Å²) in [6, 6.07) is 12.9. The van der Waals surface area contributed by atoms with Crippen LogP contribution in [0.25, 0.3) is 0 Å². The van der Waals surface area contributed by atoms with Crippen molar-refractivity contribution in [1.29, 1.82) is 5.41 Å². The highest BCUT2D eigenvalue weighted by molar-refractivity contribution is 6.10. The minimum absolute atomic E-state index is 0.0613. The predicted molar refractivity (Wildman–Crippen MR) is 121 cm³/mol. The van der Waals surface area contributed by atoms with Crippen molar-refractivity contribution in [3.05, 3.63) is 77.2 Å². The van der Waals surface area contributed by atoms with Gasteiger partial charge in [-0.15, -0.1) is 0 Å². The minimum Gasteiger partial charge on any atom is -0.510 e. The molecule has 11 nitrogen and oxygen atoms in total. The molecule has 0 radical (unpaired) electrons. The van der Waals surface area contributed by atoms with Crippen LogP contribution in [-0.2, 0) is 11.2 Å². The summed E-state index contributed by atoms with van der Waals surface area (Å²) in [5, 5.41) is 34.3. The summed E-state index contributed by atoms with van der Waals surface area (Å²) in [6.45, 7) is 0. The zero-order valence-corrected chi connectivity index (χ0v) is 17.3. The molecule has 1 aliphatic rings. The number of carboxylic acids is 1. The van der Waals surface area contributed by atoms with Gasteiger partial charge in [-0.1, -0.05) is 30.3 Å². The van der Waals surface area contributed by atoms with Crippen molar-refractivity contribution in [3.8, 4) is 0 Å². The van der Waals surface area contributed by atoms with Crippen LogP contribution in [-0.4, -0.2) is 45.8 Å². The molecule has 0 unspecified atom stereocenters. The largest absolute Gasteiger partial charge is 0.510 e. The van der Waals surface area contributed by atoms with Crippen LogP contribution in [0.3, 0.4) is 0 Å². The standard InChI is InChI=1S/C22H22N6O5/c23-17-11-16(29)18(19(24)27-17)28-22(33)25-14-8-6-13(7-9-14)20(30)26-15(21(31)32)10-12-4-2-1-3-5-12/h1-9,15,29H,10-11H2,(H,26,30)(H,31,32)(H3,23,24,27)(H2,25,28,33)/t15-/m0/s1. The summed E-state index contributed by atoms with van der Waals surface area (Å²) >= 11 is 0. The van der Waals surface area contributed by atoms with E-state index in [1.165, 1.54) is 24.3 Å². The Labute approximate surface area is 188 Å². The number of nitrogens with two attached hydrogens (primary N) is 1. The van der Waals surface area contributed by atoms with E-state index in [0.717, 1.165) is 5.56 Å². The number of carboxylic acid groups (broad SMARTS) is 1. The fraction of sp³-hybridized carbons (Fsp3) is 0.136. The van der Waals surface area contributed by atoms with Crippen molar-refractivity contribution in [3.63, 3.8) is 0 Å². The van der Waals surface area contributed by atoms with E-state index < -0.39 is 23.9 Å². The third-order valence-corrected chi connectivity index (χ3v) is 4.66. The molecule has 170 valence electrons. The van der Waals surface area contributed by atoms with E-state index in [9.17, 15) is 24.6 Å². The number of carbonyl (C=O) groups excluding carboxylic acids is 2. The lowest BCUT2D eigenvalue weighted by molar-refractivity contribution is -0.139. The van der Waals surface area contributed by atoms with E-state index in [1.807, 2.05) is 6.07 Å². The Hall–Kier alpha value is -4.67. The van der Waals surface area contributed by atoms with Crippen LogP contribution in [0.2, 0.25) is 0 Å². The maximum Gasteiger partial charge on any atom is 0.326 e. The van der Waals surface area contributed by atoms with Gasteiger partial charge in [0.25, 0.3) is 5.91 Å². The number of rotatable bonds is 7. The molecule has 0 aromatic heterocycles. The molecular formula is C22H22N6O5. The van der Waals surface area contributed by atoms with Gasteiger partial charge < -0.3 is 31.9 Å². The second kappa shape index (κ2) is 10.1. The molecule has 2 aromatic rings. The van der Waals surface area contributed by atoms with Gasteiger partial charge in [-0.25, -0.2) is 14.6 Å². The smallest absolute Gasteiger partial charge is 0.326 e. The Balaban J connectivity index is 1.59. The molecule has 1 aliphatic heterocycles. The summed E-state index contributed by atoms with van der Waals surface area (Å²) in [5.74, 6) is -2.32. The van der Waals surface area contributed by atoms with Gasteiger partial charge in [0.2, 0.25) is 0 Å². The number of aliphatic imine (C=N–C) groups is 1. The molecule has 0 saturated heterocycles. The van der Waals surface area contributed by atoms with E-state index in [0.29, 0.717) is 5.69 Å². The summed E-state index contributed by atoms with van der Waals surface area (Å²) in [6.07, 6.45) is 0.0541. The number of hydrogen-bond donors (Lipinski definition) is 7. The fourth-order valence-corrected chi connectivity index (χ4v) is 3.04. The van der Waals surface area contributed by atoms with Gasteiger partial charge in [-0.3, -0.25) is 10.2 Å². The van der Waals surface area contributed by atoms with Gasteiger partial charge in [-0.2, -0.15) is 0 Å². The average molecular weight is 450 g/mol. The summed E-state index contributed by atoms with van der Waals surface area (Å²) in [4.78, 5) is 39.9. The molecule has 3 rings (SSSR count). The summed E-state index contributed by atoms with van der Waals surface area (Å²) in [7, 11) is 0. The summed E-state index contributed by atoms with van der Waals surface area (Å²) in [5.41, 5.74) is 6.63. The first-order valence-electron chi connectivity index (χ1n) is 9.82. The van der Waals surface area contributed by atoms with Crippen LogP contribution >= 0.6 is 0 Å². The van der Waals surface area contributed by atoms with Gasteiger partial charge in [0.1, 0.15) is 23.3 Å². The van der Waals surface area contributed by atoms with Gasteiger partial charge in [0.05, 0.1) is 6.42 Å². The maximum atomic E-state index is 12.5. The lowest BCUT2D eigenvalue weighted by Crippen LogP contribution is -2.42. The van der Waals surface area contributed by atoms with E-state index in [-0.39, 0.29) is 41.5 Å². The highest BCUT2D eigenvalue weighted by atomic mass is 16.4. The van der Waals surface area contributed by atoms with Gasteiger partial charge in [-0.05, 0) is 29.8 Å². The lowest BCUT2D eigenvalue weighted by atomic mass is 10.1. The van der Waals surface area contributed by atoms with E-state index in [2.05, 4.69) is 20.9 Å². The molecule has 0 saturated carbocycles. The Morgan fingerprint density at radius 3 is 2.33 bits per heavy atom. The second-order valence-electron chi connectivity index (χ2n) is 7.16. The normalized spacial score (nSPS) is 14.2. The third-order valence-electron chi connectivity index (χ3n) is 4.66. The lowest BCUT2D eigenvalue weighted by Gasteiger charge is -2.16. The molecule has 1 heterocycles. The number of nitrogens with zero attached hydrogens (tertiary/aromatic N) is 1. The monoisotopic (exact) mass is 450 g/mol. The molecule has 0 spiro atoms. The van der Waals surface area contributed by atoms with E-state index >= 15 is 0 Å². The van der Waals surface area contributed by atoms with Crippen LogP contribution in [0.15, 0.2) is 71.0 Å². The highest BCUT2D eigenvalue weighted by Crippen LogP contribution is 2.14. The predicted octanol–water partition coefficient (Wildman–Crippen LogP) is 1.74. The van der Waals surface area contributed by atoms with Crippen LogP contribution in [0.1, 0.15) is 22.3 Å². The molecule has 33 heavy (non-hydrogen) atoms. The zero-order valence-electron chi connectivity index (χ0n) is 17.3. The van der Waals surface area contributed by atoms with Crippen LogP contribution < -0.4 is 21.7 Å². The van der Waals surface area contributed by atoms with Gasteiger partial charge in [0, 0.05) is 17.7 Å². The van der Waals surface area contributed by atoms with Crippen molar-refractivity contribution in [2.45, 2.75) is 18.9 Å². The number of urea groups is 1. The number of amides is 3. The Kier molecular flexibility index (Phi) is 7.03. The number of aliphatic carboxylic acids is 1. The summed E-state index contributed by atoms with van der Waals surface area (Å²) < 4.78 is 0. The molecule has 8 N–H and O–H groups in total. The van der Waals surface area contributed by atoms with Crippen LogP contribution in [0, 0.1) is 5.41 Å². The molecule has 1 atom stereocenters. The molecule has 0 fully saturated rings. The molecule has 11 heteroatoms. The number of anilines is 1. The van der Waals surface area contributed by atoms with Gasteiger partial charge >= 0.3 is 12.0 Å².